The molecule has 22 heavy (non-hydrogen) atoms. The Balaban J connectivity index is 1.83. The number of nitrogens with zero attached hydrogens (tertiary/aromatic N) is 3. The first-order valence-corrected chi connectivity index (χ1v) is 6.99. The van der Waals surface area contributed by atoms with Crippen molar-refractivity contribution in [2.75, 3.05) is 0 Å². The zero-order valence-corrected chi connectivity index (χ0v) is 12.4. The van der Waals surface area contributed by atoms with Crippen molar-refractivity contribution in [3.63, 3.8) is 0 Å². The van der Waals surface area contributed by atoms with Crippen LogP contribution in [0.2, 0.25) is 0 Å². The van der Waals surface area contributed by atoms with E-state index in [-0.39, 0.29) is 5.91 Å². The highest BCUT2D eigenvalue weighted by atomic mass is 16.2. The van der Waals surface area contributed by atoms with E-state index in [0.717, 1.165) is 16.8 Å². The summed E-state index contributed by atoms with van der Waals surface area (Å²) in [5, 5.41) is 4.00. The first kappa shape index (κ1) is 14.0. The molecule has 2 aromatic heterocycles. The van der Waals surface area contributed by atoms with Gasteiger partial charge in [0.05, 0.1) is 11.9 Å². The third kappa shape index (κ3) is 2.74. The lowest BCUT2D eigenvalue weighted by Crippen LogP contribution is -2.20. The number of carbonyl (C=O) groups excluding carboxylic acids is 1. The van der Waals surface area contributed by atoms with Crippen molar-refractivity contribution in [3.8, 4) is 0 Å². The number of imidazole rings is 1. The maximum Gasteiger partial charge on any atom is 0.290 e. The molecule has 3 rings (SSSR count). The molecule has 110 valence electrons. The lowest BCUT2D eigenvalue weighted by Gasteiger charge is -2.02. The molecule has 0 saturated carbocycles. The molecule has 0 spiro atoms. The molecule has 0 fully saturated rings. The first-order valence-electron chi connectivity index (χ1n) is 6.99. The minimum Gasteiger partial charge on any atom is -0.295 e. The van der Waals surface area contributed by atoms with Gasteiger partial charge >= 0.3 is 0 Å². The van der Waals surface area contributed by atoms with Crippen molar-refractivity contribution in [3.05, 3.63) is 71.2 Å². The maximum atomic E-state index is 12.3. The summed E-state index contributed by atoms with van der Waals surface area (Å²) in [6.45, 7) is 3.81. The Morgan fingerprint density at radius 1 is 1.23 bits per heavy atom. The van der Waals surface area contributed by atoms with Crippen LogP contribution in [0.15, 0.2) is 53.8 Å². The number of benzene rings is 1. The van der Waals surface area contributed by atoms with Crippen LogP contribution >= 0.6 is 0 Å². The van der Waals surface area contributed by atoms with Crippen LogP contribution < -0.4 is 5.43 Å². The summed E-state index contributed by atoms with van der Waals surface area (Å²) in [5.74, 6) is -0.277. The molecule has 0 atom stereocenters. The van der Waals surface area contributed by atoms with Crippen molar-refractivity contribution in [2.24, 2.45) is 5.10 Å². The number of fused-ring (bicyclic) bond motifs is 1. The number of aromatic nitrogens is 2. The summed E-state index contributed by atoms with van der Waals surface area (Å²) in [6, 6.07) is 13.5. The van der Waals surface area contributed by atoms with Crippen LogP contribution in [0.25, 0.3) is 5.65 Å². The van der Waals surface area contributed by atoms with E-state index in [4.69, 9.17) is 0 Å². The van der Waals surface area contributed by atoms with Crippen molar-refractivity contribution in [2.45, 2.75) is 13.8 Å². The van der Waals surface area contributed by atoms with Crippen molar-refractivity contribution >= 4 is 17.8 Å². The second-order valence-electron chi connectivity index (χ2n) is 5.09. The van der Waals surface area contributed by atoms with Gasteiger partial charge in [-0.3, -0.25) is 9.20 Å². The highest BCUT2D eigenvalue weighted by molar-refractivity contribution is 5.95. The molecule has 0 saturated heterocycles. The van der Waals surface area contributed by atoms with E-state index in [1.807, 2.05) is 62.5 Å². The van der Waals surface area contributed by atoms with Gasteiger partial charge in [-0.15, -0.1) is 0 Å². The van der Waals surface area contributed by atoms with Gasteiger partial charge in [0, 0.05) is 6.20 Å². The Labute approximate surface area is 128 Å². The molecule has 5 nitrogen and oxygen atoms in total. The lowest BCUT2D eigenvalue weighted by atomic mass is 10.2. The smallest absolute Gasteiger partial charge is 0.290 e. The Kier molecular flexibility index (Phi) is 3.70. The second-order valence-corrected chi connectivity index (χ2v) is 5.09. The highest BCUT2D eigenvalue weighted by Gasteiger charge is 2.15. The molecule has 0 radical (unpaired) electrons. The quantitative estimate of drug-likeness (QED) is 0.596. The molecular weight excluding hydrogens is 276 g/mol. The molecule has 3 aromatic rings. The third-order valence-corrected chi connectivity index (χ3v) is 3.35. The number of aryl methyl sites for hydroxylation is 2. The molecule has 0 bridgehead atoms. The number of hydrogen-bond acceptors (Lipinski definition) is 3. The number of pyridine rings is 1. The van der Waals surface area contributed by atoms with Gasteiger partial charge in [-0.25, -0.2) is 10.4 Å². The fourth-order valence-electron chi connectivity index (χ4n) is 2.30. The predicted octanol–water partition coefficient (Wildman–Crippen LogP) is 2.72. The molecule has 0 aliphatic rings. The van der Waals surface area contributed by atoms with Gasteiger partial charge in [0.15, 0.2) is 0 Å². The summed E-state index contributed by atoms with van der Waals surface area (Å²) >= 11 is 0. The van der Waals surface area contributed by atoms with Crippen LogP contribution in [-0.4, -0.2) is 21.5 Å². The van der Waals surface area contributed by atoms with Crippen LogP contribution in [0.1, 0.15) is 27.3 Å². The van der Waals surface area contributed by atoms with E-state index >= 15 is 0 Å². The van der Waals surface area contributed by atoms with Gasteiger partial charge in [-0.1, -0.05) is 30.3 Å². The predicted molar refractivity (Wildman–Crippen MR) is 86.2 cm³/mol. The average Bonchev–Trinajstić information content (AvgIpc) is 2.83. The van der Waals surface area contributed by atoms with Crippen LogP contribution in [0, 0.1) is 13.8 Å². The fraction of sp³-hybridized carbons (Fsp3) is 0.118. The fourth-order valence-corrected chi connectivity index (χ4v) is 2.30. The van der Waals surface area contributed by atoms with Gasteiger partial charge in [-0.05, 0) is 37.1 Å². The van der Waals surface area contributed by atoms with Crippen LogP contribution in [-0.2, 0) is 0 Å². The minimum absolute atomic E-state index is 0.277. The molecule has 1 aromatic carbocycles. The summed E-state index contributed by atoms with van der Waals surface area (Å²) in [7, 11) is 0. The van der Waals surface area contributed by atoms with E-state index in [0.29, 0.717) is 11.4 Å². The minimum atomic E-state index is -0.277. The Morgan fingerprint density at radius 2 is 2.00 bits per heavy atom. The molecular formula is C17H16N4O. The van der Waals surface area contributed by atoms with Gasteiger partial charge in [-0.2, -0.15) is 5.10 Å². The molecule has 0 aliphatic carbocycles. The van der Waals surface area contributed by atoms with Crippen molar-refractivity contribution < 1.29 is 4.79 Å². The van der Waals surface area contributed by atoms with E-state index in [9.17, 15) is 4.79 Å². The number of hydrazone groups is 1. The zero-order valence-electron chi connectivity index (χ0n) is 12.4. The number of amides is 1. The zero-order chi connectivity index (χ0) is 15.5. The van der Waals surface area contributed by atoms with Gasteiger partial charge < -0.3 is 0 Å². The molecule has 2 heterocycles. The summed E-state index contributed by atoms with van der Waals surface area (Å²) < 4.78 is 1.77. The van der Waals surface area contributed by atoms with Crippen molar-refractivity contribution in [1.82, 2.24) is 14.8 Å². The normalized spacial score (nSPS) is 11.2. The van der Waals surface area contributed by atoms with E-state index in [2.05, 4.69) is 15.5 Å². The first-order chi connectivity index (χ1) is 10.6. The second kappa shape index (κ2) is 5.81. The monoisotopic (exact) mass is 292 g/mol. The van der Waals surface area contributed by atoms with E-state index in [1.165, 1.54) is 0 Å². The topological polar surface area (TPSA) is 58.8 Å². The lowest BCUT2D eigenvalue weighted by molar-refractivity contribution is 0.0948. The average molecular weight is 292 g/mol. The largest absolute Gasteiger partial charge is 0.295 e. The Bertz CT molecular complexity index is 850. The molecule has 1 N–H and O–H groups in total. The Hall–Kier alpha value is -2.95. The third-order valence-electron chi connectivity index (χ3n) is 3.35. The number of nitrogens with one attached hydrogen (secondary N) is 1. The molecule has 0 aliphatic heterocycles. The molecule has 1 amide bonds. The van der Waals surface area contributed by atoms with Crippen LogP contribution in [0.3, 0.4) is 0 Å². The standard InChI is InChI=1S/C17H16N4O/c1-12-8-9-21-15(10-12)19-13(2)16(21)17(22)20-18-11-14-6-4-3-5-7-14/h3-11H,1-2H3,(H,20,22)/b18-11-. The highest BCUT2D eigenvalue weighted by Crippen LogP contribution is 2.13. The Morgan fingerprint density at radius 3 is 2.77 bits per heavy atom. The molecule has 0 unspecified atom stereocenters. The van der Waals surface area contributed by atoms with Crippen molar-refractivity contribution in [1.29, 1.82) is 0 Å². The van der Waals surface area contributed by atoms with E-state index in [1.54, 1.807) is 10.6 Å². The van der Waals surface area contributed by atoms with Crippen LogP contribution in [0.4, 0.5) is 0 Å². The number of hydrogen-bond donors (Lipinski definition) is 1. The summed E-state index contributed by atoms with van der Waals surface area (Å²) in [5.41, 5.74) is 6.52. The molecule has 5 heteroatoms. The van der Waals surface area contributed by atoms with Gasteiger partial charge in [0.2, 0.25) is 0 Å². The number of rotatable bonds is 3. The summed E-state index contributed by atoms with van der Waals surface area (Å²) in [6.07, 6.45) is 3.46. The van der Waals surface area contributed by atoms with E-state index < -0.39 is 0 Å². The SMILES string of the molecule is Cc1ccn2c(C(=O)N/N=C\c3ccccc3)c(C)nc2c1. The maximum absolute atomic E-state index is 12.3. The summed E-state index contributed by atoms with van der Waals surface area (Å²) in [4.78, 5) is 16.7. The van der Waals surface area contributed by atoms with Crippen LogP contribution in [0.5, 0.6) is 0 Å². The van der Waals surface area contributed by atoms with Gasteiger partial charge in [0.25, 0.3) is 5.91 Å². The van der Waals surface area contributed by atoms with Gasteiger partial charge in [0.1, 0.15) is 11.3 Å². The number of carbonyl (C=O) groups is 1.